The summed E-state index contributed by atoms with van der Waals surface area (Å²) >= 11 is 13.6. The summed E-state index contributed by atoms with van der Waals surface area (Å²) in [6.07, 6.45) is 11.8. The summed E-state index contributed by atoms with van der Waals surface area (Å²) in [5.41, 5.74) is 5.00. The zero-order valence-corrected chi connectivity index (χ0v) is 24.5. The third-order valence-electron chi connectivity index (χ3n) is 7.18. The number of carbonyl (C=O) groups is 1. The van der Waals surface area contributed by atoms with E-state index in [2.05, 4.69) is 78.5 Å². The van der Waals surface area contributed by atoms with Crippen molar-refractivity contribution < 1.29 is 4.79 Å². The van der Waals surface area contributed by atoms with Crippen LogP contribution in [0.5, 0.6) is 0 Å². The van der Waals surface area contributed by atoms with Crippen LogP contribution in [0.4, 0.5) is 0 Å². The van der Waals surface area contributed by atoms with Crippen molar-refractivity contribution in [3.05, 3.63) is 99.3 Å². The molecule has 1 aromatic heterocycles. The molecule has 0 spiro atoms. The van der Waals surface area contributed by atoms with Gasteiger partial charge in [0.2, 0.25) is 0 Å². The minimum absolute atomic E-state index is 0.00398. The molecule has 0 amide bonds. The van der Waals surface area contributed by atoms with Crippen molar-refractivity contribution >= 4 is 46.8 Å². The predicted octanol–water partition coefficient (Wildman–Crippen LogP) is 8.76. The third-order valence-corrected chi connectivity index (χ3v) is 8.37. The van der Waals surface area contributed by atoms with Gasteiger partial charge in [0.05, 0.1) is 0 Å². The average molecular weight is 556 g/mol. The molecule has 2 aromatic carbocycles. The molecule has 196 valence electrons. The number of hydrogen-bond acceptors (Lipinski definition) is 4. The smallest absolute Gasteiger partial charge is 0.159 e. The lowest BCUT2D eigenvalue weighted by atomic mass is 9.69. The van der Waals surface area contributed by atoms with E-state index in [0.717, 1.165) is 24.7 Å². The Morgan fingerprint density at radius 1 is 1.08 bits per heavy atom. The van der Waals surface area contributed by atoms with Gasteiger partial charge in [-0.15, -0.1) is 11.8 Å². The largest absolute Gasteiger partial charge is 0.300 e. The summed E-state index contributed by atoms with van der Waals surface area (Å²) in [5, 5.41) is 1.22. The van der Waals surface area contributed by atoms with Gasteiger partial charge in [0.25, 0.3) is 0 Å². The first-order valence-corrected chi connectivity index (χ1v) is 14.7. The quantitative estimate of drug-likeness (QED) is 0.166. The summed E-state index contributed by atoms with van der Waals surface area (Å²) < 4.78 is 0. The monoisotopic (exact) mass is 554 g/mol. The number of ketones is 1. The maximum Gasteiger partial charge on any atom is 0.159 e. The van der Waals surface area contributed by atoms with E-state index in [1.54, 1.807) is 23.9 Å². The second-order valence-corrected chi connectivity index (χ2v) is 11.2. The van der Waals surface area contributed by atoms with Crippen LogP contribution >= 0.6 is 35.0 Å². The number of hydrogen-bond donors (Lipinski definition) is 0. The number of carbonyl (C=O) groups excluding carboxylic acids is 1. The Morgan fingerprint density at radius 3 is 2.35 bits per heavy atom. The first-order valence-electron chi connectivity index (χ1n) is 12.7. The van der Waals surface area contributed by atoms with Crippen LogP contribution in [0.1, 0.15) is 60.2 Å². The fourth-order valence-electron chi connectivity index (χ4n) is 4.82. The number of nitrogens with zero attached hydrogens (tertiary/aromatic N) is 2. The minimum Gasteiger partial charge on any atom is -0.300 e. The van der Waals surface area contributed by atoms with Crippen molar-refractivity contribution in [3.63, 3.8) is 0 Å². The number of thioether (sulfide) groups is 1. The molecule has 1 saturated heterocycles. The van der Waals surface area contributed by atoms with Crippen LogP contribution in [-0.4, -0.2) is 41.6 Å². The zero-order valence-electron chi connectivity index (χ0n) is 22.1. The summed E-state index contributed by atoms with van der Waals surface area (Å²) in [6, 6.07) is 18.3. The van der Waals surface area contributed by atoms with Crippen LogP contribution in [0.15, 0.2) is 71.8 Å². The van der Waals surface area contributed by atoms with Crippen LogP contribution < -0.4 is 0 Å². The number of Topliss-reactive ketones (excluding diaryl/α,β-unsaturated/α-hetero) is 1. The molecule has 0 unspecified atom stereocenters. The Hall–Kier alpha value is -2.11. The van der Waals surface area contributed by atoms with Crippen LogP contribution in [0.3, 0.4) is 0 Å². The van der Waals surface area contributed by atoms with Crippen molar-refractivity contribution in [2.45, 2.75) is 50.3 Å². The molecule has 3 nitrogen and oxygen atoms in total. The highest BCUT2D eigenvalue weighted by Gasteiger charge is 2.35. The van der Waals surface area contributed by atoms with Gasteiger partial charge in [0, 0.05) is 28.2 Å². The average Bonchev–Trinajstić information content (AvgIpc) is 2.91. The minimum atomic E-state index is 0.00398. The van der Waals surface area contributed by atoms with Gasteiger partial charge in [-0.1, -0.05) is 60.5 Å². The molecular weight excluding hydrogens is 519 g/mol. The van der Waals surface area contributed by atoms with E-state index in [4.69, 9.17) is 23.2 Å². The number of likely N-dealkylation sites (tertiary alicyclic amines) is 1. The molecule has 2 heterocycles. The molecule has 1 aliphatic rings. The molecule has 0 N–H and O–H groups in total. The lowest BCUT2D eigenvalue weighted by Gasteiger charge is -2.42. The summed E-state index contributed by atoms with van der Waals surface area (Å²) in [7, 11) is 0. The molecule has 0 radical (unpaired) electrons. The van der Waals surface area contributed by atoms with Crippen molar-refractivity contribution in [1.82, 2.24) is 9.88 Å². The zero-order chi connectivity index (χ0) is 26.8. The molecule has 1 fully saturated rings. The SMILES string of the molecule is CC(=O)c1ccnc(Cl)c1.CCC1(c2cc(Cl)ccc2C)CCN(C/C=C\c2ccc(SC)cc2)CC1. The summed E-state index contributed by atoms with van der Waals surface area (Å²) in [6.45, 7) is 9.37. The Bertz CT molecular complexity index is 1200. The number of aryl methyl sites for hydroxylation is 1. The van der Waals surface area contributed by atoms with Crippen LogP contribution in [0, 0.1) is 6.92 Å². The van der Waals surface area contributed by atoms with Gasteiger partial charge in [-0.2, -0.15) is 0 Å². The van der Waals surface area contributed by atoms with Crippen LogP contribution in [-0.2, 0) is 5.41 Å². The van der Waals surface area contributed by atoms with Crippen LogP contribution in [0.2, 0.25) is 10.2 Å². The van der Waals surface area contributed by atoms with Crippen molar-refractivity contribution in [2.24, 2.45) is 0 Å². The molecule has 3 aromatic rings. The highest BCUT2D eigenvalue weighted by molar-refractivity contribution is 7.98. The van der Waals surface area contributed by atoms with E-state index < -0.39 is 0 Å². The topological polar surface area (TPSA) is 33.2 Å². The van der Waals surface area contributed by atoms with E-state index in [0.29, 0.717) is 10.7 Å². The fraction of sp³-hybridized carbons (Fsp3) is 0.355. The number of benzene rings is 2. The third kappa shape index (κ3) is 8.44. The Labute approximate surface area is 236 Å². The second kappa shape index (κ2) is 14.2. The van der Waals surface area contributed by atoms with E-state index >= 15 is 0 Å². The lowest BCUT2D eigenvalue weighted by Crippen LogP contribution is -2.42. The van der Waals surface area contributed by atoms with E-state index in [1.165, 1.54) is 54.0 Å². The maximum absolute atomic E-state index is 10.7. The van der Waals surface area contributed by atoms with Gasteiger partial charge in [0.15, 0.2) is 5.78 Å². The van der Waals surface area contributed by atoms with Gasteiger partial charge in [-0.25, -0.2) is 4.98 Å². The fourth-order valence-corrected chi connectivity index (χ4v) is 5.57. The van der Waals surface area contributed by atoms with Gasteiger partial charge < -0.3 is 0 Å². The standard InChI is InChI=1S/C24H30ClNS.C7H6ClNO/c1-4-24(23-18-21(25)10-7-19(23)2)13-16-26(17-14-24)15-5-6-20-8-11-22(27-3)12-9-20;1-5(10)6-2-3-9-7(8)4-6/h5-12,18H,4,13-17H2,1-3H3;2-4H,1H3/b6-5-;. The molecule has 0 saturated carbocycles. The van der Waals surface area contributed by atoms with Crippen molar-refractivity contribution in [1.29, 1.82) is 0 Å². The molecule has 4 rings (SSSR count). The Kier molecular flexibility index (Phi) is 11.3. The summed E-state index contributed by atoms with van der Waals surface area (Å²) in [5.74, 6) is 0.00398. The van der Waals surface area contributed by atoms with Gasteiger partial charge in [-0.3, -0.25) is 9.69 Å². The maximum atomic E-state index is 10.7. The number of halogens is 2. The summed E-state index contributed by atoms with van der Waals surface area (Å²) in [4.78, 5) is 18.3. The molecule has 0 atom stereocenters. The highest BCUT2D eigenvalue weighted by atomic mass is 35.5. The van der Waals surface area contributed by atoms with Crippen molar-refractivity contribution in [3.8, 4) is 0 Å². The van der Waals surface area contributed by atoms with Gasteiger partial charge in [0.1, 0.15) is 5.15 Å². The second-order valence-electron chi connectivity index (χ2n) is 9.49. The van der Waals surface area contributed by atoms with Gasteiger partial charge in [-0.05, 0) is 111 Å². The van der Waals surface area contributed by atoms with E-state index in [1.807, 2.05) is 6.07 Å². The molecule has 0 aliphatic carbocycles. The molecule has 1 aliphatic heterocycles. The van der Waals surface area contributed by atoms with Gasteiger partial charge >= 0.3 is 0 Å². The van der Waals surface area contributed by atoms with Crippen molar-refractivity contribution in [2.75, 3.05) is 25.9 Å². The number of piperidine rings is 1. The first-order chi connectivity index (χ1) is 17.8. The Balaban J connectivity index is 0.000000319. The predicted molar refractivity (Wildman–Crippen MR) is 160 cm³/mol. The van der Waals surface area contributed by atoms with E-state index in [9.17, 15) is 4.79 Å². The number of pyridine rings is 1. The molecule has 37 heavy (non-hydrogen) atoms. The molecule has 0 bridgehead atoms. The Morgan fingerprint density at radius 2 is 1.78 bits per heavy atom. The first kappa shape index (κ1) is 29.4. The van der Waals surface area contributed by atoms with E-state index in [-0.39, 0.29) is 11.2 Å². The normalized spacial score (nSPS) is 15.3. The molecular formula is C31H36Cl2N2OS. The lowest BCUT2D eigenvalue weighted by molar-refractivity contribution is 0.101. The molecule has 6 heteroatoms. The highest BCUT2D eigenvalue weighted by Crippen LogP contribution is 2.41. The number of rotatable bonds is 7. The number of aromatic nitrogens is 1. The van der Waals surface area contributed by atoms with Crippen LogP contribution in [0.25, 0.3) is 6.08 Å².